The van der Waals surface area contributed by atoms with E-state index in [2.05, 4.69) is 19.2 Å². The number of hydrogen-bond acceptors (Lipinski definition) is 3. The van der Waals surface area contributed by atoms with Crippen LogP contribution in [-0.2, 0) is 4.74 Å². The molecule has 0 saturated carbocycles. The molecule has 0 spiro atoms. The van der Waals surface area contributed by atoms with Gasteiger partial charge in [0.15, 0.2) is 0 Å². The van der Waals surface area contributed by atoms with Crippen LogP contribution in [-0.4, -0.2) is 42.3 Å². The van der Waals surface area contributed by atoms with E-state index in [1.807, 2.05) is 25.7 Å². The summed E-state index contributed by atoms with van der Waals surface area (Å²) >= 11 is 0. The summed E-state index contributed by atoms with van der Waals surface area (Å²) in [6.45, 7) is 13.0. The van der Waals surface area contributed by atoms with Gasteiger partial charge in [-0.1, -0.05) is 13.8 Å². The lowest BCUT2D eigenvalue weighted by molar-refractivity contribution is 0.0161. The van der Waals surface area contributed by atoms with Gasteiger partial charge >= 0.3 is 6.09 Å². The first-order valence-corrected chi connectivity index (χ1v) is 8.57. The number of hydrogen-bond donors (Lipinski definition) is 1. The van der Waals surface area contributed by atoms with Crippen molar-refractivity contribution in [2.24, 2.45) is 5.92 Å². The number of likely N-dealkylation sites (tertiary alicyclic amines) is 1. The maximum atomic E-state index is 12.1. The first kappa shape index (κ1) is 18.3. The molecule has 1 rings (SSSR count). The van der Waals surface area contributed by atoms with E-state index >= 15 is 0 Å². The zero-order valence-electron chi connectivity index (χ0n) is 14.6. The van der Waals surface area contributed by atoms with Gasteiger partial charge in [-0.05, 0) is 65.3 Å². The summed E-state index contributed by atoms with van der Waals surface area (Å²) in [5.74, 6) is 0.605. The van der Waals surface area contributed by atoms with Crippen LogP contribution in [0.15, 0.2) is 0 Å². The number of amides is 1. The van der Waals surface area contributed by atoms with Crippen molar-refractivity contribution >= 4 is 6.09 Å². The van der Waals surface area contributed by atoms with Gasteiger partial charge in [-0.15, -0.1) is 0 Å². The average Bonchev–Trinajstić information content (AvgIpc) is 2.42. The van der Waals surface area contributed by atoms with Crippen LogP contribution < -0.4 is 5.32 Å². The minimum Gasteiger partial charge on any atom is -0.444 e. The maximum absolute atomic E-state index is 12.1. The van der Waals surface area contributed by atoms with Gasteiger partial charge in [-0.3, -0.25) is 0 Å². The second-order valence-electron chi connectivity index (χ2n) is 7.19. The molecular weight excluding hydrogens is 264 g/mol. The van der Waals surface area contributed by atoms with Crippen molar-refractivity contribution in [3.05, 3.63) is 0 Å². The molecule has 0 aromatic rings. The van der Waals surface area contributed by atoms with Gasteiger partial charge in [0.25, 0.3) is 0 Å². The van der Waals surface area contributed by atoms with Crippen LogP contribution in [0.1, 0.15) is 66.7 Å². The van der Waals surface area contributed by atoms with Crippen molar-refractivity contribution in [1.82, 2.24) is 10.2 Å². The van der Waals surface area contributed by atoms with E-state index in [0.29, 0.717) is 12.0 Å². The Hall–Kier alpha value is -0.770. The molecule has 0 aromatic carbocycles. The number of nitrogens with zero attached hydrogens (tertiary/aromatic N) is 1. The first-order valence-electron chi connectivity index (χ1n) is 8.57. The van der Waals surface area contributed by atoms with Gasteiger partial charge in [0.2, 0.25) is 0 Å². The molecule has 1 heterocycles. The van der Waals surface area contributed by atoms with Crippen molar-refractivity contribution in [1.29, 1.82) is 0 Å². The predicted octanol–water partition coefficient (Wildman–Crippen LogP) is 3.80. The average molecular weight is 298 g/mol. The summed E-state index contributed by atoms with van der Waals surface area (Å²) in [5.41, 5.74) is -0.402. The molecule has 1 N–H and O–H groups in total. The Morgan fingerprint density at radius 2 is 2.00 bits per heavy atom. The highest BCUT2D eigenvalue weighted by Crippen LogP contribution is 2.21. The van der Waals surface area contributed by atoms with E-state index in [9.17, 15) is 4.79 Å². The molecule has 4 heteroatoms. The van der Waals surface area contributed by atoms with Crippen LogP contribution in [0.2, 0.25) is 0 Å². The Labute approximate surface area is 130 Å². The molecule has 21 heavy (non-hydrogen) atoms. The van der Waals surface area contributed by atoms with Crippen LogP contribution in [0.4, 0.5) is 4.79 Å². The van der Waals surface area contributed by atoms with Crippen LogP contribution >= 0.6 is 0 Å². The lowest BCUT2D eigenvalue weighted by atomic mass is 9.95. The summed E-state index contributed by atoms with van der Waals surface area (Å²) in [6.07, 6.45) is 5.69. The first-order chi connectivity index (χ1) is 9.85. The number of nitrogens with one attached hydrogen (secondary N) is 1. The Morgan fingerprint density at radius 1 is 1.33 bits per heavy atom. The normalized spacial score (nSPS) is 19.9. The molecule has 0 aliphatic carbocycles. The summed E-state index contributed by atoms with van der Waals surface area (Å²) in [7, 11) is 0. The third-order valence-electron chi connectivity index (χ3n) is 4.14. The molecule has 0 bridgehead atoms. The smallest absolute Gasteiger partial charge is 0.410 e. The van der Waals surface area contributed by atoms with E-state index < -0.39 is 5.60 Å². The highest BCUT2D eigenvalue weighted by molar-refractivity contribution is 5.68. The second-order valence-corrected chi connectivity index (χ2v) is 7.19. The van der Waals surface area contributed by atoms with Crippen molar-refractivity contribution in [3.8, 4) is 0 Å². The number of ether oxygens (including phenoxy) is 1. The van der Waals surface area contributed by atoms with E-state index in [-0.39, 0.29) is 6.09 Å². The number of carbonyl (C=O) groups is 1. The molecule has 0 aromatic heterocycles. The highest BCUT2D eigenvalue weighted by Gasteiger charge is 2.27. The Morgan fingerprint density at radius 3 is 2.57 bits per heavy atom. The van der Waals surface area contributed by atoms with Gasteiger partial charge < -0.3 is 15.0 Å². The van der Waals surface area contributed by atoms with Gasteiger partial charge in [-0.2, -0.15) is 0 Å². The van der Waals surface area contributed by atoms with E-state index in [1.165, 1.54) is 19.3 Å². The Balaban J connectivity index is 2.33. The topological polar surface area (TPSA) is 41.6 Å². The fourth-order valence-corrected chi connectivity index (χ4v) is 2.86. The third-order valence-corrected chi connectivity index (χ3v) is 4.14. The molecule has 1 aliphatic heterocycles. The van der Waals surface area contributed by atoms with Crippen molar-refractivity contribution in [2.75, 3.05) is 19.6 Å². The van der Waals surface area contributed by atoms with Crippen molar-refractivity contribution < 1.29 is 9.53 Å². The van der Waals surface area contributed by atoms with Crippen molar-refractivity contribution in [3.63, 3.8) is 0 Å². The standard InChI is InChI=1S/C17H34N2O2/c1-6-15(7-2)18-11-10-14-9-8-12-19(13-14)16(20)21-17(3,4)5/h14-15,18H,6-13H2,1-5H3. The van der Waals surface area contributed by atoms with Gasteiger partial charge in [0, 0.05) is 19.1 Å². The number of carbonyl (C=O) groups excluding carboxylic acids is 1. The van der Waals surface area contributed by atoms with E-state index in [0.717, 1.165) is 32.5 Å². The number of rotatable bonds is 6. The molecule has 124 valence electrons. The predicted molar refractivity (Wildman–Crippen MR) is 87.5 cm³/mol. The maximum Gasteiger partial charge on any atom is 0.410 e. The van der Waals surface area contributed by atoms with Crippen LogP contribution in [0, 0.1) is 5.92 Å². The minimum atomic E-state index is -0.402. The van der Waals surface area contributed by atoms with Gasteiger partial charge in [-0.25, -0.2) is 4.79 Å². The lowest BCUT2D eigenvalue weighted by Gasteiger charge is -2.34. The van der Waals surface area contributed by atoms with E-state index in [1.54, 1.807) is 0 Å². The summed E-state index contributed by atoms with van der Waals surface area (Å²) in [5, 5.41) is 3.61. The molecule has 1 aliphatic rings. The molecule has 0 radical (unpaired) electrons. The molecule has 1 amide bonds. The summed E-state index contributed by atoms with van der Waals surface area (Å²) < 4.78 is 5.47. The fraction of sp³-hybridized carbons (Fsp3) is 0.941. The third kappa shape index (κ3) is 7.16. The SMILES string of the molecule is CCC(CC)NCCC1CCCN(C(=O)OC(C)(C)C)C1. The molecule has 1 fully saturated rings. The van der Waals surface area contributed by atoms with Gasteiger partial charge in [0.1, 0.15) is 5.60 Å². The molecule has 1 unspecified atom stereocenters. The Bertz CT molecular complexity index is 308. The van der Waals surface area contributed by atoms with Crippen LogP contribution in [0.3, 0.4) is 0 Å². The molecule has 1 atom stereocenters. The number of piperidine rings is 1. The van der Waals surface area contributed by atoms with Crippen molar-refractivity contribution in [2.45, 2.75) is 78.4 Å². The lowest BCUT2D eigenvalue weighted by Crippen LogP contribution is -2.43. The fourth-order valence-electron chi connectivity index (χ4n) is 2.86. The zero-order chi connectivity index (χ0) is 15.9. The molecule has 4 nitrogen and oxygen atoms in total. The summed E-state index contributed by atoms with van der Waals surface area (Å²) in [6, 6.07) is 0.635. The largest absolute Gasteiger partial charge is 0.444 e. The van der Waals surface area contributed by atoms with E-state index in [4.69, 9.17) is 4.74 Å². The van der Waals surface area contributed by atoms with Crippen LogP contribution in [0.5, 0.6) is 0 Å². The zero-order valence-corrected chi connectivity index (χ0v) is 14.6. The quantitative estimate of drug-likeness (QED) is 0.811. The monoisotopic (exact) mass is 298 g/mol. The minimum absolute atomic E-state index is 0.153. The molecular formula is C17H34N2O2. The second kappa shape index (κ2) is 8.62. The highest BCUT2D eigenvalue weighted by atomic mass is 16.6. The van der Waals surface area contributed by atoms with Crippen LogP contribution in [0.25, 0.3) is 0 Å². The Kier molecular flexibility index (Phi) is 7.50. The molecule has 1 saturated heterocycles. The van der Waals surface area contributed by atoms with Gasteiger partial charge in [0.05, 0.1) is 0 Å². The summed E-state index contributed by atoms with van der Waals surface area (Å²) in [4.78, 5) is 14.0.